The maximum absolute atomic E-state index is 14.0. The van der Waals surface area contributed by atoms with Gasteiger partial charge >= 0.3 is 0 Å². The van der Waals surface area contributed by atoms with E-state index in [0.29, 0.717) is 31.5 Å². The minimum absolute atomic E-state index is 0.0666. The fraction of sp³-hybridized carbons (Fsp3) is 0.400. The van der Waals surface area contributed by atoms with Gasteiger partial charge in [0.25, 0.3) is 0 Å². The van der Waals surface area contributed by atoms with Crippen LogP contribution in [0, 0.1) is 33.5 Å². The summed E-state index contributed by atoms with van der Waals surface area (Å²) in [5.41, 5.74) is 2.49. The van der Waals surface area contributed by atoms with Gasteiger partial charge in [0, 0.05) is 63.7 Å². The molecule has 2 aliphatic carbocycles. The van der Waals surface area contributed by atoms with Gasteiger partial charge in [0.2, 0.25) is 0 Å². The summed E-state index contributed by atoms with van der Waals surface area (Å²) in [6.07, 6.45) is 8.29. The molecule has 2 unspecified atom stereocenters. The molecule has 6 rings (SSSR count). The molecular weight excluding hydrogens is 895 g/mol. The molecule has 12 heteroatoms. The van der Waals surface area contributed by atoms with E-state index in [1.807, 2.05) is 0 Å². The summed E-state index contributed by atoms with van der Waals surface area (Å²) in [4.78, 5) is 32.0. The topological polar surface area (TPSA) is 83.6 Å². The molecule has 0 radical (unpaired) electrons. The zero-order chi connectivity index (χ0) is 45.7. The normalized spacial score (nSPS) is 17.4. The van der Waals surface area contributed by atoms with Crippen molar-refractivity contribution in [2.45, 2.75) is 95.2 Å². The maximum Gasteiger partial charge on any atom is 0.185 e. The molecule has 0 saturated heterocycles. The summed E-state index contributed by atoms with van der Waals surface area (Å²) in [5, 5.41) is 21.2. The Labute approximate surface area is 394 Å². The molecule has 2 aliphatic rings. The number of ketones is 2. The van der Waals surface area contributed by atoms with Crippen LogP contribution < -0.4 is 0 Å². The number of carbonyl (C=O) groups is 2. The molecule has 0 spiro atoms. The SMILES string of the molecule is CC(C)(C)C1=CC(C(/N=N/c2ccc(Cl)cc2Cl)c2ccc(-c3ccc(C(/N=N/c4ccc(Cl)cc4Cl)C4C=C(C(C)(C)C)C(=O)C(C(C)(C)C)=C4)s3)s2)C=C(C(C)(C)C)C1=O. The van der Waals surface area contributed by atoms with Gasteiger partial charge in [0.1, 0.15) is 23.5 Å². The van der Waals surface area contributed by atoms with Gasteiger partial charge in [0.05, 0.1) is 10.0 Å². The molecule has 2 aromatic heterocycles. The molecule has 6 nitrogen and oxygen atoms in total. The molecule has 0 aliphatic heterocycles. The van der Waals surface area contributed by atoms with E-state index < -0.39 is 12.1 Å². The number of halogens is 4. The number of carbonyl (C=O) groups excluding carboxylic acids is 2. The van der Waals surface area contributed by atoms with Crippen LogP contribution in [-0.2, 0) is 9.59 Å². The summed E-state index contributed by atoms with van der Waals surface area (Å²) < 4.78 is 0. The van der Waals surface area contributed by atoms with Crippen LogP contribution in [0.25, 0.3) is 9.75 Å². The zero-order valence-electron chi connectivity index (χ0n) is 37.3. The molecule has 2 heterocycles. The summed E-state index contributed by atoms with van der Waals surface area (Å²) in [6, 6.07) is 17.8. The number of nitrogens with zero attached hydrogens (tertiary/aromatic N) is 4. The van der Waals surface area contributed by atoms with Crippen LogP contribution in [0.15, 0.2) is 128 Å². The highest BCUT2D eigenvalue weighted by Gasteiger charge is 2.40. The Morgan fingerprint density at radius 3 is 1.05 bits per heavy atom. The van der Waals surface area contributed by atoms with Crippen LogP contribution in [0.2, 0.25) is 20.1 Å². The molecule has 62 heavy (non-hydrogen) atoms. The Hall–Kier alpha value is -3.50. The second kappa shape index (κ2) is 18.2. The minimum atomic E-state index is -0.463. The van der Waals surface area contributed by atoms with Crippen LogP contribution in [0.4, 0.5) is 11.4 Å². The number of thiophene rings is 2. The third-order valence-corrected chi connectivity index (χ3v) is 14.4. The lowest BCUT2D eigenvalue weighted by atomic mass is 9.70. The summed E-state index contributed by atoms with van der Waals surface area (Å²) in [6.45, 7) is 24.9. The molecule has 0 fully saturated rings. The molecule has 0 saturated carbocycles. The third-order valence-electron chi connectivity index (χ3n) is 10.9. The van der Waals surface area contributed by atoms with Gasteiger partial charge in [-0.2, -0.15) is 20.5 Å². The van der Waals surface area contributed by atoms with Gasteiger partial charge in [-0.25, -0.2) is 0 Å². The van der Waals surface area contributed by atoms with Crippen LogP contribution in [-0.4, -0.2) is 11.6 Å². The first-order valence-electron chi connectivity index (χ1n) is 20.6. The van der Waals surface area contributed by atoms with Crippen LogP contribution in [0.5, 0.6) is 0 Å². The maximum atomic E-state index is 14.0. The first-order valence-corrected chi connectivity index (χ1v) is 23.8. The average Bonchev–Trinajstić information content (AvgIpc) is 3.83. The van der Waals surface area contributed by atoms with E-state index in [2.05, 4.69) is 142 Å². The summed E-state index contributed by atoms with van der Waals surface area (Å²) in [5.74, 6) is -0.390. The van der Waals surface area contributed by atoms with E-state index in [4.69, 9.17) is 56.6 Å². The first kappa shape index (κ1) is 48.0. The van der Waals surface area contributed by atoms with Crippen molar-refractivity contribution in [2.75, 3.05) is 0 Å². The monoisotopic (exact) mass is 946 g/mol. The van der Waals surface area contributed by atoms with Crippen molar-refractivity contribution in [2.24, 2.45) is 54.0 Å². The fourth-order valence-electron chi connectivity index (χ4n) is 7.50. The van der Waals surface area contributed by atoms with Gasteiger partial charge in [-0.15, -0.1) is 22.7 Å². The lowest BCUT2D eigenvalue weighted by Gasteiger charge is -2.34. The van der Waals surface area contributed by atoms with Crippen molar-refractivity contribution in [3.05, 3.63) is 137 Å². The largest absolute Gasteiger partial charge is 0.289 e. The van der Waals surface area contributed by atoms with Gasteiger partial charge in [-0.1, -0.05) is 154 Å². The van der Waals surface area contributed by atoms with E-state index in [1.165, 1.54) is 0 Å². The number of benzene rings is 2. The summed E-state index contributed by atoms with van der Waals surface area (Å²) >= 11 is 28.9. The molecule has 0 N–H and O–H groups in total. The highest BCUT2D eigenvalue weighted by Crippen LogP contribution is 2.49. The van der Waals surface area contributed by atoms with Gasteiger partial charge in [-0.3, -0.25) is 9.59 Å². The number of Topliss-reactive ketones (excluding diaryl/α,β-unsaturated/α-hetero) is 2. The van der Waals surface area contributed by atoms with E-state index in [-0.39, 0.29) is 45.1 Å². The molecule has 4 aromatic rings. The smallest absolute Gasteiger partial charge is 0.185 e. The second-order valence-electron chi connectivity index (χ2n) is 20.1. The number of allylic oxidation sites excluding steroid dienone is 4. The highest BCUT2D eigenvalue weighted by atomic mass is 35.5. The number of hydrogen-bond acceptors (Lipinski definition) is 8. The van der Waals surface area contributed by atoms with Gasteiger partial charge < -0.3 is 0 Å². The van der Waals surface area contributed by atoms with Crippen molar-refractivity contribution in [3.8, 4) is 9.75 Å². The predicted molar refractivity (Wildman–Crippen MR) is 262 cm³/mol. The lowest BCUT2D eigenvalue weighted by Crippen LogP contribution is -2.30. The Kier molecular flexibility index (Phi) is 14.1. The van der Waals surface area contributed by atoms with Crippen molar-refractivity contribution >= 4 is 92.0 Å². The van der Waals surface area contributed by atoms with E-state index >= 15 is 0 Å². The number of azo groups is 2. The zero-order valence-corrected chi connectivity index (χ0v) is 42.0. The van der Waals surface area contributed by atoms with Crippen molar-refractivity contribution in [1.29, 1.82) is 0 Å². The Balaban J connectivity index is 1.46. The van der Waals surface area contributed by atoms with Gasteiger partial charge in [0.15, 0.2) is 11.6 Å². The van der Waals surface area contributed by atoms with E-state index in [0.717, 1.165) is 41.8 Å². The Morgan fingerprint density at radius 2 is 0.774 bits per heavy atom. The van der Waals surface area contributed by atoms with Crippen molar-refractivity contribution in [1.82, 2.24) is 0 Å². The molecule has 0 bridgehead atoms. The molecule has 2 atom stereocenters. The molecule has 326 valence electrons. The van der Waals surface area contributed by atoms with Crippen molar-refractivity contribution < 1.29 is 9.59 Å². The Morgan fingerprint density at radius 1 is 0.468 bits per heavy atom. The standard InChI is InChI=1S/C50H54Cl4N4O2S2/c1-47(2,3)31-21-27(22-32(45(31)59)48(4,5)6)43(57-55-37-15-13-29(51)25-35(37)53)41-19-17-39(61-41)40-18-20-42(62-40)44(58-56-38-16-14-30(52)26-36(38)54)28-23-33(49(7,8)9)46(60)34(24-28)50(10,11)12/h13-28,43-44H,1-12H3/b57-55+,58-56+. The molecule has 2 aromatic carbocycles. The molecule has 0 amide bonds. The first-order chi connectivity index (χ1) is 28.7. The van der Waals surface area contributed by atoms with Crippen LogP contribution in [0.1, 0.15) is 105 Å². The van der Waals surface area contributed by atoms with Crippen molar-refractivity contribution in [3.63, 3.8) is 0 Å². The van der Waals surface area contributed by atoms with E-state index in [9.17, 15) is 9.59 Å². The quantitative estimate of drug-likeness (QED) is 0.157. The fourth-order valence-corrected chi connectivity index (χ4v) is 10.7. The average molecular weight is 949 g/mol. The number of rotatable bonds is 9. The van der Waals surface area contributed by atoms with Crippen LogP contribution in [0.3, 0.4) is 0 Å². The second-order valence-corrected chi connectivity index (χ2v) is 24.0. The third kappa shape index (κ3) is 10.9. The highest BCUT2D eigenvalue weighted by molar-refractivity contribution is 7.22. The lowest BCUT2D eigenvalue weighted by molar-refractivity contribution is -0.115. The van der Waals surface area contributed by atoms with E-state index in [1.54, 1.807) is 59.1 Å². The van der Waals surface area contributed by atoms with Gasteiger partial charge in [-0.05, 0) is 82.3 Å². The van der Waals surface area contributed by atoms with Crippen LogP contribution >= 0.6 is 69.1 Å². The Bertz CT molecular complexity index is 2340. The number of hydrogen-bond donors (Lipinski definition) is 0. The minimum Gasteiger partial charge on any atom is -0.289 e. The summed E-state index contributed by atoms with van der Waals surface area (Å²) in [7, 11) is 0. The molecular formula is C50H54Cl4N4O2S2. The predicted octanol–water partition coefficient (Wildman–Crippen LogP) is 18.0.